The Morgan fingerprint density at radius 2 is 1.76 bits per heavy atom. The molecule has 1 saturated heterocycles. The van der Waals surface area contributed by atoms with Gasteiger partial charge in [-0.1, -0.05) is 12.8 Å². The third kappa shape index (κ3) is 3.41. The molecule has 4 heteroatoms. The number of nitrogens with zero attached hydrogens (tertiary/aromatic N) is 1. The SMILES string of the molecule is OCCN(C1CCNCC1)[C@H]1CCCC[C@@H]1O. The molecule has 2 fully saturated rings. The van der Waals surface area contributed by atoms with Crippen LogP contribution in [0.2, 0.25) is 0 Å². The minimum Gasteiger partial charge on any atom is -0.395 e. The molecule has 2 aliphatic rings. The zero-order chi connectivity index (χ0) is 12.1. The van der Waals surface area contributed by atoms with E-state index in [1.54, 1.807) is 0 Å². The highest BCUT2D eigenvalue weighted by molar-refractivity contribution is 4.88. The van der Waals surface area contributed by atoms with Gasteiger partial charge in [0.25, 0.3) is 0 Å². The van der Waals surface area contributed by atoms with Crippen LogP contribution in [0.3, 0.4) is 0 Å². The molecule has 0 aromatic rings. The highest BCUT2D eigenvalue weighted by Gasteiger charge is 2.33. The average molecular weight is 242 g/mol. The summed E-state index contributed by atoms with van der Waals surface area (Å²) in [5.74, 6) is 0. The van der Waals surface area contributed by atoms with Crippen LogP contribution >= 0.6 is 0 Å². The summed E-state index contributed by atoms with van der Waals surface area (Å²) in [5.41, 5.74) is 0. The van der Waals surface area contributed by atoms with Crippen molar-refractivity contribution in [3.05, 3.63) is 0 Å². The molecule has 2 atom stereocenters. The van der Waals surface area contributed by atoms with Crippen LogP contribution in [0.5, 0.6) is 0 Å². The molecule has 0 spiro atoms. The summed E-state index contributed by atoms with van der Waals surface area (Å²) in [4.78, 5) is 2.38. The van der Waals surface area contributed by atoms with Gasteiger partial charge in [0.1, 0.15) is 0 Å². The fourth-order valence-corrected chi connectivity index (χ4v) is 3.35. The van der Waals surface area contributed by atoms with E-state index in [2.05, 4.69) is 10.2 Å². The molecule has 0 aromatic carbocycles. The number of aliphatic hydroxyl groups excluding tert-OH is 2. The van der Waals surface area contributed by atoms with Gasteiger partial charge in [-0.25, -0.2) is 0 Å². The van der Waals surface area contributed by atoms with Crippen molar-refractivity contribution in [3.8, 4) is 0 Å². The van der Waals surface area contributed by atoms with E-state index in [0.29, 0.717) is 12.6 Å². The van der Waals surface area contributed by atoms with Crippen LogP contribution in [-0.2, 0) is 0 Å². The van der Waals surface area contributed by atoms with E-state index in [1.165, 1.54) is 6.42 Å². The summed E-state index contributed by atoms with van der Waals surface area (Å²) in [7, 11) is 0. The molecule has 1 aliphatic carbocycles. The Kier molecular flexibility index (Phi) is 5.22. The number of nitrogens with one attached hydrogen (secondary N) is 1. The molecule has 0 aromatic heterocycles. The van der Waals surface area contributed by atoms with Crippen LogP contribution in [0.25, 0.3) is 0 Å². The van der Waals surface area contributed by atoms with Gasteiger partial charge in [-0.15, -0.1) is 0 Å². The van der Waals surface area contributed by atoms with Crippen LogP contribution in [-0.4, -0.2) is 59.5 Å². The van der Waals surface area contributed by atoms with Crippen molar-refractivity contribution in [3.63, 3.8) is 0 Å². The average Bonchev–Trinajstić information content (AvgIpc) is 2.38. The van der Waals surface area contributed by atoms with Crippen LogP contribution in [0.1, 0.15) is 38.5 Å². The van der Waals surface area contributed by atoms with Gasteiger partial charge in [-0.2, -0.15) is 0 Å². The number of aliphatic hydroxyl groups is 2. The van der Waals surface area contributed by atoms with Gasteiger partial charge < -0.3 is 15.5 Å². The standard InChI is InChI=1S/C13H26N2O2/c16-10-9-15(11-5-7-14-8-6-11)12-3-1-2-4-13(12)17/h11-14,16-17H,1-10H2/t12-,13-/m0/s1. The summed E-state index contributed by atoms with van der Waals surface area (Å²) in [5, 5.41) is 22.8. The van der Waals surface area contributed by atoms with Crippen molar-refractivity contribution in [1.82, 2.24) is 10.2 Å². The Balaban J connectivity index is 1.98. The monoisotopic (exact) mass is 242 g/mol. The lowest BCUT2D eigenvalue weighted by Crippen LogP contribution is -2.54. The Morgan fingerprint density at radius 1 is 1.06 bits per heavy atom. The normalized spacial score (nSPS) is 31.9. The maximum atomic E-state index is 10.2. The lowest BCUT2D eigenvalue weighted by atomic mass is 9.89. The summed E-state index contributed by atoms with van der Waals surface area (Å²) >= 11 is 0. The molecule has 0 amide bonds. The third-order valence-corrected chi connectivity index (χ3v) is 4.26. The van der Waals surface area contributed by atoms with Crippen LogP contribution < -0.4 is 5.32 Å². The van der Waals surface area contributed by atoms with Gasteiger partial charge in [0, 0.05) is 18.6 Å². The van der Waals surface area contributed by atoms with E-state index in [9.17, 15) is 10.2 Å². The Hall–Kier alpha value is -0.160. The van der Waals surface area contributed by atoms with Crippen LogP contribution in [0.4, 0.5) is 0 Å². The third-order valence-electron chi connectivity index (χ3n) is 4.26. The van der Waals surface area contributed by atoms with Gasteiger partial charge >= 0.3 is 0 Å². The smallest absolute Gasteiger partial charge is 0.0695 e. The second-order valence-corrected chi connectivity index (χ2v) is 5.36. The Labute approximate surface area is 104 Å². The lowest BCUT2D eigenvalue weighted by molar-refractivity contribution is -0.0155. The predicted molar refractivity (Wildman–Crippen MR) is 67.9 cm³/mol. The van der Waals surface area contributed by atoms with Crippen LogP contribution in [0, 0.1) is 0 Å². The molecule has 4 nitrogen and oxygen atoms in total. The Morgan fingerprint density at radius 3 is 2.41 bits per heavy atom. The topological polar surface area (TPSA) is 55.7 Å². The largest absolute Gasteiger partial charge is 0.395 e. The summed E-state index contributed by atoms with van der Waals surface area (Å²) in [6.45, 7) is 3.05. The molecule has 0 unspecified atom stereocenters. The quantitative estimate of drug-likeness (QED) is 0.665. The molecule has 1 heterocycles. The van der Waals surface area contributed by atoms with Gasteiger partial charge in [-0.3, -0.25) is 4.90 Å². The fourth-order valence-electron chi connectivity index (χ4n) is 3.35. The number of piperidine rings is 1. The summed E-state index contributed by atoms with van der Waals surface area (Å²) in [6, 6.07) is 0.820. The molecule has 1 saturated carbocycles. The maximum absolute atomic E-state index is 10.2. The van der Waals surface area contributed by atoms with Crippen molar-refractivity contribution in [2.75, 3.05) is 26.2 Å². The molecule has 0 bridgehead atoms. The lowest BCUT2D eigenvalue weighted by Gasteiger charge is -2.43. The molecular weight excluding hydrogens is 216 g/mol. The molecule has 3 N–H and O–H groups in total. The van der Waals surface area contributed by atoms with E-state index in [0.717, 1.165) is 45.2 Å². The van der Waals surface area contributed by atoms with Gasteiger partial charge in [0.2, 0.25) is 0 Å². The van der Waals surface area contributed by atoms with Gasteiger partial charge in [0.15, 0.2) is 0 Å². The van der Waals surface area contributed by atoms with E-state index in [1.807, 2.05) is 0 Å². The molecular formula is C13H26N2O2. The summed E-state index contributed by atoms with van der Waals surface area (Å²) in [6.07, 6.45) is 6.48. The maximum Gasteiger partial charge on any atom is 0.0695 e. The van der Waals surface area contributed by atoms with E-state index in [4.69, 9.17) is 0 Å². The molecule has 1 aliphatic heterocycles. The molecule has 100 valence electrons. The molecule has 17 heavy (non-hydrogen) atoms. The highest BCUT2D eigenvalue weighted by Crippen LogP contribution is 2.26. The second kappa shape index (κ2) is 6.69. The predicted octanol–water partition coefficient (Wildman–Crippen LogP) is 0.336. The molecule has 2 rings (SSSR count). The highest BCUT2D eigenvalue weighted by atomic mass is 16.3. The zero-order valence-corrected chi connectivity index (χ0v) is 10.6. The van der Waals surface area contributed by atoms with Gasteiger partial charge in [0.05, 0.1) is 12.7 Å². The van der Waals surface area contributed by atoms with Crippen molar-refractivity contribution in [2.24, 2.45) is 0 Å². The minimum atomic E-state index is -0.190. The number of hydrogen-bond donors (Lipinski definition) is 3. The second-order valence-electron chi connectivity index (χ2n) is 5.36. The first-order valence-electron chi connectivity index (χ1n) is 7.08. The van der Waals surface area contributed by atoms with Crippen molar-refractivity contribution >= 4 is 0 Å². The van der Waals surface area contributed by atoms with E-state index < -0.39 is 0 Å². The van der Waals surface area contributed by atoms with Gasteiger partial charge in [-0.05, 0) is 38.8 Å². The van der Waals surface area contributed by atoms with E-state index >= 15 is 0 Å². The van der Waals surface area contributed by atoms with Crippen molar-refractivity contribution < 1.29 is 10.2 Å². The number of rotatable bonds is 4. The van der Waals surface area contributed by atoms with Crippen LogP contribution in [0.15, 0.2) is 0 Å². The summed E-state index contributed by atoms with van der Waals surface area (Å²) < 4.78 is 0. The van der Waals surface area contributed by atoms with Crippen molar-refractivity contribution in [1.29, 1.82) is 0 Å². The Bertz CT molecular complexity index is 219. The minimum absolute atomic E-state index is 0.190. The number of hydrogen-bond acceptors (Lipinski definition) is 4. The molecule has 0 radical (unpaired) electrons. The first-order chi connectivity index (χ1) is 8.33. The first-order valence-corrected chi connectivity index (χ1v) is 7.08. The van der Waals surface area contributed by atoms with Crippen molar-refractivity contribution in [2.45, 2.75) is 56.7 Å². The van der Waals surface area contributed by atoms with E-state index in [-0.39, 0.29) is 18.8 Å². The first kappa shape index (κ1) is 13.3. The fraction of sp³-hybridized carbons (Fsp3) is 1.00. The zero-order valence-electron chi connectivity index (χ0n) is 10.6.